The van der Waals surface area contributed by atoms with Gasteiger partial charge in [-0.15, -0.1) is 0 Å². The fraction of sp³-hybridized carbons (Fsp3) is 0.0588. The van der Waals surface area contributed by atoms with Gasteiger partial charge in [-0.1, -0.05) is 147 Å². The van der Waals surface area contributed by atoms with E-state index in [9.17, 15) is 0 Å². The Labute approximate surface area is 305 Å². The molecule has 9 aromatic rings. The van der Waals surface area contributed by atoms with Gasteiger partial charge in [0.15, 0.2) is 0 Å². The van der Waals surface area contributed by atoms with Crippen molar-refractivity contribution in [3.8, 4) is 33.4 Å². The van der Waals surface area contributed by atoms with Crippen LogP contribution in [0, 0.1) is 0 Å². The Kier molecular flexibility index (Phi) is 6.91. The van der Waals surface area contributed by atoms with E-state index in [1.54, 1.807) is 0 Å². The van der Waals surface area contributed by atoms with Crippen LogP contribution in [-0.4, -0.2) is 0 Å². The van der Waals surface area contributed by atoms with E-state index in [2.05, 4.69) is 207 Å². The van der Waals surface area contributed by atoms with Crippen LogP contribution in [0.4, 0.5) is 17.1 Å². The maximum absolute atomic E-state index is 2.46. The van der Waals surface area contributed by atoms with Crippen molar-refractivity contribution in [2.45, 2.75) is 19.3 Å². The van der Waals surface area contributed by atoms with Gasteiger partial charge in [-0.25, -0.2) is 0 Å². The van der Waals surface area contributed by atoms with Crippen LogP contribution in [0.2, 0.25) is 0 Å². The first kappa shape index (κ1) is 30.4. The third kappa shape index (κ3) is 4.85. The van der Waals surface area contributed by atoms with Crippen molar-refractivity contribution >= 4 is 49.4 Å². The summed E-state index contributed by atoms with van der Waals surface area (Å²) in [6.45, 7) is 4.72. The summed E-state index contributed by atoms with van der Waals surface area (Å²) in [5.41, 5.74) is 13.7. The van der Waals surface area contributed by atoms with Crippen molar-refractivity contribution < 1.29 is 0 Å². The van der Waals surface area contributed by atoms with Crippen LogP contribution in [0.3, 0.4) is 0 Å². The molecule has 0 fully saturated rings. The Morgan fingerprint density at radius 2 is 0.904 bits per heavy atom. The molecule has 0 unspecified atom stereocenters. The molecule has 0 saturated carbocycles. The SMILES string of the molecule is CC1(C)c2ccccc2-c2cc3c(ccc4ccc5cc(-c6cccc(N(c7ccccc7)c7cccc(-c8ccccc8)c7)c6)ccc5c43)cc21. The molecular weight excluding hydrogens is 627 g/mol. The van der Waals surface area contributed by atoms with Crippen LogP contribution in [0.15, 0.2) is 188 Å². The van der Waals surface area contributed by atoms with Crippen molar-refractivity contribution in [2.24, 2.45) is 0 Å². The quantitative estimate of drug-likeness (QED) is 0.166. The van der Waals surface area contributed by atoms with Gasteiger partial charge >= 0.3 is 0 Å². The van der Waals surface area contributed by atoms with Crippen LogP contribution in [-0.2, 0) is 5.41 Å². The molecule has 0 heterocycles. The second-order valence-electron chi connectivity index (χ2n) is 14.6. The van der Waals surface area contributed by atoms with E-state index in [0.717, 1.165) is 17.1 Å². The third-order valence-corrected chi connectivity index (χ3v) is 11.2. The highest BCUT2D eigenvalue weighted by Crippen LogP contribution is 2.50. The van der Waals surface area contributed by atoms with Gasteiger partial charge in [-0.3, -0.25) is 0 Å². The lowest BCUT2D eigenvalue weighted by Crippen LogP contribution is -2.14. The fourth-order valence-electron chi connectivity index (χ4n) is 8.57. The molecule has 1 nitrogen and oxygen atoms in total. The van der Waals surface area contributed by atoms with Crippen LogP contribution >= 0.6 is 0 Å². The lowest BCUT2D eigenvalue weighted by atomic mass is 9.81. The molecule has 1 heteroatoms. The average molecular weight is 664 g/mol. The normalized spacial score (nSPS) is 13.0. The Bertz CT molecular complexity index is 2810. The van der Waals surface area contributed by atoms with Crippen molar-refractivity contribution in [3.63, 3.8) is 0 Å². The van der Waals surface area contributed by atoms with Crippen LogP contribution in [0.5, 0.6) is 0 Å². The Balaban J connectivity index is 1.09. The van der Waals surface area contributed by atoms with E-state index >= 15 is 0 Å². The lowest BCUT2D eigenvalue weighted by molar-refractivity contribution is 0.661. The van der Waals surface area contributed by atoms with E-state index in [1.807, 2.05) is 0 Å². The molecule has 0 bridgehead atoms. The lowest BCUT2D eigenvalue weighted by Gasteiger charge is -2.26. The van der Waals surface area contributed by atoms with Gasteiger partial charge in [-0.2, -0.15) is 0 Å². The molecule has 0 N–H and O–H groups in total. The molecule has 246 valence electrons. The number of hydrogen-bond donors (Lipinski definition) is 0. The largest absolute Gasteiger partial charge is 0.310 e. The van der Waals surface area contributed by atoms with E-state index in [-0.39, 0.29) is 5.41 Å². The van der Waals surface area contributed by atoms with E-state index < -0.39 is 0 Å². The first-order chi connectivity index (χ1) is 25.5. The second kappa shape index (κ2) is 11.8. The number of anilines is 3. The summed E-state index contributed by atoms with van der Waals surface area (Å²) >= 11 is 0. The minimum atomic E-state index is -0.0158. The minimum Gasteiger partial charge on any atom is -0.310 e. The van der Waals surface area contributed by atoms with E-state index in [1.165, 1.54) is 76.8 Å². The zero-order valence-corrected chi connectivity index (χ0v) is 29.3. The van der Waals surface area contributed by atoms with Crippen molar-refractivity contribution in [2.75, 3.05) is 4.90 Å². The van der Waals surface area contributed by atoms with Gasteiger partial charge in [0, 0.05) is 22.5 Å². The molecule has 1 aliphatic rings. The van der Waals surface area contributed by atoms with Gasteiger partial charge in [0.25, 0.3) is 0 Å². The monoisotopic (exact) mass is 663 g/mol. The predicted octanol–water partition coefficient (Wildman–Crippen LogP) is 14.3. The molecule has 0 aromatic heterocycles. The summed E-state index contributed by atoms with van der Waals surface area (Å²) in [6, 6.07) is 69.0. The van der Waals surface area contributed by atoms with E-state index in [0.29, 0.717) is 0 Å². The Morgan fingerprint density at radius 3 is 1.63 bits per heavy atom. The van der Waals surface area contributed by atoms with Crippen LogP contribution < -0.4 is 4.90 Å². The molecule has 1 aliphatic carbocycles. The second-order valence-corrected chi connectivity index (χ2v) is 14.6. The maximum atomic E-state index is 2.46. The highest BCUT2D eigenvalue weighted by molar-refractivity contribution is 6.21. The molecule has 52 heavy (non-hydrogen) atoms. The van der Waals surface area contributed by atoms with Crippen molar-refractivity contribution in [1.29, 1.82) is 0 Å². The predicted molar refractivity (Wildman–Crippen MR) is 222 cm³/mol. The number of fused-ring (bicyclic) bond motifs is 8. The summed E-state index contributed by atoms with van der Waals surface area (Å²) in [6.07, 6.45) is 0. The standard InChI is InChI=1S/C51H37N/c1-51(2)48-22-10-9-21-45(48)47-33-46-40(32-49(47)51)26-24-35-23-25-39-29-38(27-28-44(39)50(35)46)37-16-12-20-43(31-37)52(41-17-7-4-8-18-41)42-19-11-15-36(30-42)34-13-5-3-6-14-34/h3-33H,1-2H3. The van der Waals surface area contributed by atoms with Crippen molar-refractivity contribution in [1.82, 2.24) is 0 Å². The molecule has 0 amide bonds. The molecule has 0 atom stereocenters. The van der Waals surface area contributed by atoms with Gasteiger partial charge in [-0.05, 0) is 131 Å². The first-order valence-corrected chi connectivity index (χ1v) is 18.2. The Hall–Kier alpha value is -6.44. The molecule has 0 aliphatic heterocycles. The van der Waals surface area contributed by atoms with E-state index in [4.69, 9.17) is 0 Å². The molecule has 0 radical (unpaired) electrons. The topological polar surface area (TPSA) is 3.24 Å². The van der Waals surface area contributed by atoms with Crippen LogP contribution in [0.1, 0.15) is 25.0 Å². The van der Waals surface area contributed by atoms with Crippen LogP contribution in [0.25, 0.3) is 65.7 Å². The molecule has 0 saturated heterocycles. The third-order valence-electron chi connectivity index (χ3n) is 11.2. The fourth-order valence-corrected chi connectivity index (χ4v) is 8.57. The highest BCUT2D eigenvalue weighted by atomic mass is 15.1. The van der Waals surface area contributed by atoms with Gasteiger partial charge in [0.05, 0.1) is 0 Å². The number of para-hydroxylation sites is 1. The summed E-state index contributed by atoms with van der Waals surface area (Å²) < 4.78 is 0. The summed E-state index contributed by atoms with van der Waals surface area (Å²) in [5, 5.41) is 7.76. The molecule has 10 rings (SSSR count). The van der Waals surface area contributed by atoms with Gasteiger partial charge in [0.2, 0.25) is 0 Å². The maximum Gasteiger partial charge on any atom is 0.0467 e. The molecular formula is C51H37N. The molecule has 9 aromatic carbocycles. The summed E-state index contributed by atoms with van der Waals surface area (Å²) in [5.74, 6) is 0. The highest BCUT2D eigenvalue weighted by Gasteiger charge is 2.35. The molecule has 0 spiro atoms. The summed E-state index contributed by atoms with van der Waals surface area (Å²) in [7, 11) is 0. The zero-order valence-electron chi connectivity index (χ0n) is 29.3. The van der Waals surface area contributed by atoms with Crippen molar-refractivity contribution in [3.05, 3.63) is 199 Å². The Morgan fingerprint density at radius 1 is 0.346 bits per heavy atom. The van der Waals surface area contributed by atoms with Gasteiger partial charge in [0.1, 0.15) is 0 Å². The minimum absolute atomic E-state index is 0.0158. The first-order valence-electron chi connectivity index (χ1n) is 18.2. The average Bonchev–Trinajstić information content (AvgIpc) is 3.42. The number of rotatable bonds is 5. The number of nitrogens with zero attached hydrogens (tertiary/aromatic N) is 1. The smallest absolute Gasteiger partial charge is 0.0467 e. The van der Waals surface area contributed by atoms with Gasteiger partial charge < -0.3 is 4.90 Å². The zero-order chi connectivity index (χ0) is 34.8. The number of hydrogen-bond acceptors (Lipinski definition) is 1. The summed E-state index contributed by atoms with van der Waals surface area (Å²) in [4.78, 5) is 2.36. The number of benzene rings is 9.